The molecule has 0 amide bonds. The van der Waals surface area contributed by atoms with Crippen LogP contribution in [0.3, 0.4) is 0 Å². The van der Waals surface area contributed by atoms with Gasteiger partial charge in [-0.1, -0.05) is 12.1 Å². The Hall–Kier alpha value is -0.950. The van der Waals surface area contributed by atoms with Gasteiger partial charge in [-0.15, -0.1) is 0 Å². The number of aliphatic hydroxyl groups is 1. The molecule has 2 unspecified atom stereocenters. The van der Waals surface area contributed by atoms with E-state index in [-0.39, 0.29) is 23.6 Å². The fourth-order valence-corrected chi connectivity index (χ4v) is 4.06. The van der Waals surface area contributed by atoms with Gasteiger partial charge in [0.1, 0.15) is 0 Å². The van der Waals surface area contributed by atoms with E-state index in [1.54, 1.807) is 18.2 Å². The monoisotopic (exact) mass is 297 g/mol. The predicted molar refractivity (Wildman–Crippen MR) is 73.6 cm³/mol. The van der Waals surface area contributed by atoms with Gasteiger partial charge in [0.15, 0.2) is 0 Å². The van der Waals surface area contributed by atoms with Gasteiger partial charge in [0.25, 0.3) is 0 Å². The van der Waals surface area contributed by atoms with Crippen LogP contribution < -0.4 is 4.72 Å². The lowest BCUT2D eigenvalue weighted by molar-refractivity contribution is 0.0848. The second kappa shape index (κ2) is 5.44. The van der Waals surface area contributed by atoms with Crippen LogP contribution >= 0.6 is 0 Å². The largest absolute Gasteiger partial charge is 0.392 e. The number of aliphatic hydroxyl groups excluding tert-OH is 1. The Labute approximate surface area is 119 Å². The summed E-state index contributed by atoms with van der Waals surface area (Å²) in [4.78, 5) is 0.200. The fourth-order valence-electron chi connectivity index (χ4n) is 2.71. The highest BCUT2D eigenvalue weighted by molar-refractivity contribution is 7.89. The van der Waals surface area contributed by atoms with E-state index in [0.29, 0.717) is 18.1 Å². The molecule has 2 aliphatic rings. The van der Waals surface area contributed by atoms with Crippen LogP contribution in [0.15, 0.2) is 29.2 Å². The number of hydrogen-bond acceptors (Lipinski definition) is 4. The van der Waals surface area contributed by atoms with E-state index in [1.165, 1.54) is 6.07 Å². The van der Waals surface area contributed by atoms with E-state index in [9.17, 15) is 8.42 Å². The van der Waals surface area contributed by atoms with Crippen molar-refractivity contribution in [1.29, 1.82) is 0 Å². The van der Waals surface area contributed by atoms with Crippen LogP contribution in [-0.4, -0.2) is 32.3 Å². The molecule has 0 aromatic heterocycles. The second-order valence-corrected chi connectivity index (χ2v) is 7.21. The standard InChI is InChI=1S/C14H19NO4S/c16-9-10-2-1-3-12(8-10)20(17,18)15-13-6-7-19-14(13)11-4-5-11/h1-3,8,11,13-16H,4-7,9H2. The van der Waals surface area contributed by atoms with E-state index >= 15 is 0 Å². The molecule has 1 aliphatic carbocycles. The van der Waals surface area contributed by atoms with Crippen LogP contribution in [0.4, 0.5) is 0 Å². The molecule has 0 radical (unpaired) electrons. The van der Waals surface area contributed by atoms with Gasteiger partial charge in [0.2, 0.25) is 10.0 Å². The number of benzene rings is 1. The zero-order valence-corrected chi connectivity index (χ0v) is 12.0. The highest BCUT2D eigenvalue weighted by Crippen LogP contribution is 2.39. The highest BCUT2D eigenvalue weighted by atomic mass is 32.2. The molecule has 6 heteroatoms. The van der Waals surface area contributed by atoms with Crippen LogP contribution in [0.5, 0.6) is 0 Å². The van der Waals surface area contributed by atoms with Crippen molar-refractivity contribution in [2.75, 3.05) is 6.61 Å². The molecule has 1 saturated heterocycles. The third-order valence-corrected chi connectivity index (χ3v) is 5.41. The van der Waals surface area contributed by atoms with E-state index in [4.69, 9.17) is 9.84 Å². The van der Waals surface area contributed by atoms with Crippen molar-refractivity contribution < 1.29 is 18.3 Å². The Morgan fingerprint density at radius 3 is 2.80 bits per heavy atom. The van der Waals surface area contributed by atoms with Crippen LogP contribution in [-0.2, 0) is 21.4 Å². The Balaban J connectivity index is 1.77. The summed E-state index contributed by atoms with van der Waals surface area (Å²) in [5, 5.41) is 9.10. The van der Waals surface area contributed by atoms with E-state index in [2.05, 4.69) is 4.72 Å². The maximum absolute atomic E-state index is 12.4. The first-order valence-corrected chi connectivity index (χ1v) is 8.42. The zero-order valence-electron chi connectivity index (χ0n) is 11.2. The lowest BCUT2D eigenvalue weighted by Crippen LogP contribution is -2.41. The van der Waals surface area contributed by atoms with Crippen molar-refractivity contribution in [3.63, 3.8) is 0 Å². The lowest BCUT2D eigenvalue weighted by Gasteiger charge is -2.19. The summed E-state index contributed by atoms with van der Waals surface area (Å²) in [6.45, 7) is 0.450. The zero-order chi connectivity index (χ0) is 14.2. The molecular weight excluding hydrogens is 278 g/mol. The summed E-state index contributed by atoms with van der Waals surface area (Å²) in [5.74, 6) is 0.508. The number of rotatable bonds is 5. The molecule has 110 valence electrons. The van der Waals surface area contributed by atoms with Gasteiger partial charge in [0.05, 0.1) is 23.6 Å². The van der Waals surface area contributed by atoms with E-state index in [0.717, 1.165) is 19.3 Å². The molecule has 1 heterocycles. The van der Waals surface area contributed by atoms with Crippen LogP contribution in [0.2, 0.25) is 0 Å². The van der Waals surface area contributed by atoms with Crippen molar-refractivity contribution in [2.24, 2.45) is 5.92 Å². The highest BCUT2D eigenvalue weighted by Gasteiger charge is 2.42. The molecule has 5 nitrogen and oxygen atoms in total. The maximum Gasteiger partial charge on any atom is 0.240 e. The number of hydrogen-bond donors (Lipinski definition) is 2. The molecule has 0 bridgehead atoms. The summed E-state index contributed by atoms with van der Waals surface area (Å²) >= 11 is 0. The molecular formula is C14H19NO4S. The Morgan fingerprint density at radius 1 is 1.30 bits per heavy atom. The molecule has 1 aromatic carbocycles. The normalized spacial score (nSPS) is 26.9. The van der Waals surface area contributed by atoms with Gasteiger partial charge >= 0.3 is 0 Å². The molecule has 2 fully saturated rings. The van der Waals surface area contributed by atoms with Gasteiger partial charge in [0, 0.05) is 6.61 Å². The summed E-state index contributed by atoms with van der Waals surface area (Å²) in [7, 11) is -3.56. The smallest absolute Gasteiger partial charge is 0.240 e. The van der Waals surface area contributed by atoms with Crippen molar-refractivity contribution in [2.45, 2.75) is 42.9 Å². The van der Waals surface area contributed by atoms with Gasteiger partial charge in [-0.2, -0.15) is 0 Å². The van der Waals surface area contributed by atoms with Crippen LogP contribution in [0, 0.1) is 5.92 Å². The van der Waals surface area contributed by atoms with E-state index in [1.807, 2.05) is 0 Å². The summed E-state index contributed by atoms with van der Waals surface area (Å²) < 4.78 is 33.2. The quantitative estimate of drug-likeness (QED) is 0.851. The summed E-state index contributed by atoms with van der Waals surface area (Å²) in [5.41, 5.74) is 0.592. The molecule has 1 aromatic rings. The molecule has 2 atom stereocenters. The predicted octanol–water partition coefficient (Wildman–Crippen LogP) is 1.02. The lowest BCUT2D eigenvalue weighted by atomic mass is 10.1. The van der Waals surface area contributed by atoms with Crippen molar-refractivity contribution in [3.8, 4) is 0 Å². The van der Waals surface area contributed by atoms with Gasteiger partial charge in [-0.05, 0) is 42.9 Å². The number of nitrogens with one attached hydrogen (secondary N) is 1. The Bertz CT molecular complexity index is 583. The average molecular weight is 297 g/mol. The molecule has 1 saturated carbocycles. The minimum atomic E-state index is -3.56. The first kappa shape index (κ1) is 14.0. The first-order chi connectivity index (χ1) is 9.60. The van der Waals surface area contributed by atoms with Crippen molar-refractivity contribution in [1.82, 2.24) is 4.72 Å². The Morgan fingerprint density at radius 2 is 2.10 bits per heavy atom. The first-order valence-electron chi connectivity index (χ1n) is 6.94. The third-order valence-electron chi connectivity index (χ3n) is 3.92. The fraction of sp³-hybridized carbons (Fsp3) is 0.571. The minimum Gasteiger partial charge on any atom is -0.392 e. The second-order valence-electron chi connectivity index (χ2n) is 5.49. The van der Waals surface area contributed by atoms with Crippen LogP contribution in [0.25, 0.3) is 0 Å². The van der Waals surface area contributed by atoms with Gasteiger partial charge < -0.3 is 9.84 Å². The molecule has 0 spiro atoms. The number of ether oxygens (including phenoxy) is 1. The Kier molecular flexibility index (Phi) is 3.81. The van der Waals surface area contributed by atoms with Crippen molar-refractivity contribution >= 4 is 10.0 Å². The van der Waals surface area contributed by atoms with Gasteiger partial charge in [-0.25, -0.2) is 13.1 Å². The summed E-state index contributed by atoms with van der Waals surface area (Å²) in [6.07, 6.45) is 3.00. The topological polar surface area (TPSA) is 75.6 Å². The SMILES string of the molecule is O=S(=O)(NC1CCOC1C1CC1)c1cccc(CO)c1. The maximum atomic E-state index is 12.4. The minimum absolute atomic E-state index is 0.0193. The third kappa shape index (κ3) is 2.88. The van der Waals surface area contributed by atoms with Crippen LogP contribution in [0.1, 0.15) is 24.8 Å². The molecule has 20 heavy (non-hydrogen) atoms. The molecule has 1 aliphatic heterocycles. The van der Waals surface area contributed by atoms with Crippen molar-refractivity contribution in [3.05, 3.63) is 29.8 Å². The molecule has 2 N–H and O–H groups in total. The summed E-state index contributed by atoms with van der Waals surface area (Å²) in [6, 6.07) is 6.26. The number of sulfonamides is 1. The average Bonchev–Trinajstić information content (AvgIpc) is 3.19. The molecule has 3 rings (SSSR count). The van der Waals surface area contributed by atoms with E-state index < -0.39 is 10.0 Å². The van der Waals surface area contributed by atoms with Gasteiger partial charge in [-0.3, -0.25) is 0 Å².